The molecule has 0 bridgehead atoms. The van der Waals surface area contributed by atoms with Gasteiger partial charge in [0.05, 0.1) is 10.6 Å². The molecule has 2 aliphatic rings. The molecule has 3 aromatic rings. The molecule has 0 N–H and O–H groups in total. The molecule has 1 aromatic heterocycles. The van der Waals surface area contributed by atoms with Crippen molar-refractivity contribution in [2.45, 2.75) is 42.3 Å². The molecule has 0 spiro atoms. The van der Waals surface area contributed by atoms with Crippen LogP contribution in [-0.2, 0) is 28.3 Å². The molecule has 2 aliphatic heterocycles. The largest absolute Gasteiger partial charge is 0.308 e. The number of carbonyl (C=O) groups is 1. The summed E-state index contributed by atoms with van der Waals surface area (Å²) in [6.45, 7) is 3.22. The summed E-state index contributed by atoms with van der Waals surface area (Å²) >= 11 is 1.35. The predicted molar refractivity (Wildman–Crippen MR) is 132 cm³/mol. The first-order chi connectivity index (χ1) is 16.4. The van der Waals surface area contributed by atoms with E-state index in [2.05, 4.69) is 23.2 Å². The van der Waals surface area contributed by atoms with E-state index in [1.807, 2.05) is 34.7 Å². The van der Waals surface area contributed by atoms with Crippen LogP contribution in [0.15, 0.2) is 58.6 Å². The Morgan fingerprint density at radius 2 is 1.76 bits per heavy atom. The second-order valence-corrected chi connectivity index (χ2v) is 11.6. The van der Waals surface area contributed by atoms with Crippen molar-refractivity contribution in [2.24, 2.45) is 7.05 Å². The van der Waals surface area contributed by atoms with Crippen molar-refractivity contribution in [3.05, 3.63) is 54.1 Å². The summed E-state index contributed by atoms with van der Waals surface area (Å²) in [6.07, 6.45) is 2.68. The van der Waals surface area contributed by atoms with Gasteiger partial charge in [0.15, 0.2) is 11.0 Å². The molecular weight excluding hydrogens is 470 g/mol. The van der Waals surface area contributed by atoms with Crippen LogP contribution in [0.3, 0.4) is 0 Å². The number of nitrogens with zero attached hydrogens (tertiary/aromatic N) is 5. The number of fused-ring (bicyclic) bond motifs is 1. The fraction of sp³-hybridized carbons (Fsp3) is 0.375. The summed E-state index contributed by atoms with van der Waals surface area (Å²) < 4.78 is 28.9. The molecule has 0 radical (unpaired) electrons. The first-order valence-electron chi connectivity index (χ1n) is 11.4. The van der Waals surface area contributed by atoms with Gasteiger partial charge in [-0.2, -0.15) is 4.31 Å². The van der Waals surface area contributed by atoms with Crippen LogP contribution in [0, 0.1) is 0 Å². The van der Waals surface area contributed by atoms with Gasteiger partial charge >= 0.3 is 0 Å². The van der Waals surface area contributed by atoms with Crippen molar-refractivity contribution in [1.82, 2.24) is 19.1 Å². The summed E-state index contributed by atoms with van der Waals surface area (Å²) in [6, 6.07) is 14.9. The lowest BCUT2D eigenvalue weighted by Gasteiger charge is -2.22. The maximum Gasteiger partial charge on any atom is 0.243 e. The van der Waals surface area contributed by atoms with E-state index in [-0.39, 0.29) is 17.7 Å². The van der Waals surface area contributed by atoms with Gasteiger partial charge in [-0.25, -0.2) is 8.42 Å². The molecule has 2 aromatic carbocycles. The molecule has 3 heterocycles. The molecule has 34 heavy (non-hydrogen) atoms. The number of rotatable bonds is 6. The van der Waals surface area contributed by atoms with E-state index in [0.29, 0.717) is 29.0 Å². The highest BCUT2D eigenvalue weighted by Crippen LogP contribution is 2.33. The van der Waals surface area contributed by atoms with E-state index in [4.69, 9.17) is 0 Å². The highest BCUT2D eigenvalue weighted by atomic mass is 32.2. The average molecular weight is 498 g/mol. The molecular formula is C24H27N5O3S2. The van der Waals surface area contributed by atoms with Crippen molar-refractivity contribution < 1.29 is 13.2 Å². The molecule has 1 fully saturated rings. The van der Waals surface area contributed by atoms with Crippen molar-refractivity contribution in [1.29, 1.82) is 0 Å². The Hall–Kier alpha value is -2.69. The van der Waals surface area contributed by atoms with E-state index >= 15 is 0 Å². The van der Waals surface area contributed by atoms with E-state index in [0.717, 1.165) is 30.5 Å². The third kappa shape index (κ3) is 4.14. The molecule has 8 nitrogen and oxygen atoms in total. The smallest absolute Gasteiger partial charge is 0.243 e. The van der Waals surface area contributed by atoms with Gasteiger partial charge < -0.3 is 9.47 Å². The third-order valence-electron chi connectivity index (χ3n) is 6.45. The first kappa shape index (κ1) is 23.1. The van der Waals surface area contributed by atoms with Gasteiger partial charge in [0, 0.05) is 37.4 Å². The van der Waals surface area contributed by atoms with Crippen molar-refractivity contribution in [3.8, 4) is 11.4 Å². The molecule has 1 atom stereocenters. The summed E-state index contributed by atoms with van der Waals surface area (Å²) in [4.78, 5) is 15.2. The minimum atomic E-state index is -3.45. The molecule has 1 amide bonds. The van der Waals surface area contributed by atoms with E-state index in [9.17, 15) is 13.2 Å². The van der Waals surface area contributed by atoms with Gasteiger partial charge in [0.25, 0.3) is 0 Å². The van der Waals surface area contributed by atoms with Crippen LogP contribution in [0.25, 0.3) is 11.4 Å². The number of para-hydroxylation sites is 1. The minimum Gasteiger partial charge on any atom is -0.308 e. The summed E-state index contributed by atoms with van der Waals surface area (Å²) in [5, 5.41) is 9.19. The number of amides is 1. The monoisotopic (exact) mass is 497 g/mol. The quantitative estimate of drug-likeness (QED) is 0.486. The maximum absolute atomic E-state index is 13.0. The molecule has 1 unspecified atom stereocenters. The van der Waals surface area contributed by atoms with Gasteiger partial charge in [0.1, 0.15) is 0 Å². The lowest BCUT2D eigenvalue weighted by molar-refractivity contribution is -0.116. The topological polar surface area (TPSA) is 88.4 Å². The molecule has 0 saturated carbocycles. The van der Waals surface area contributed by atoms with Crippen LogP contribution in [-0.4, -0.2) is 58.3 Å². The molecule has 178 valence electrons. The standard InChI is InChI=1S/C24H27N5O3S2/c1-17-15-19-7-3-4-8-21(19)29(17)22(30)16-33-24-26-25-23(27(24)2)18-9-11-20(12-10-18)34(31,32)28-13-5-6-14-28/h3-4,7-12,17H,5-6,13-16H2,1-2H3. The predicted octanol–water partition coefficient (Wildman–Crippen LogP) is 3.34. The van der Waals surface area contributed by atoms with Crippen LogP contribution in [0.5, 0.6) is 0 Å². The minimum absolute atomic E-state index is 0.0449. The Kier molecular flexibility index (Phi) is 6.22. The van der Waals surface area contributed by atoms with Gasteiger partial charge in [-0.1, -0.05) is 30.0 Å². The average Bonchev–Trinajstić information content (AvgIpc) is 3.56. The number of hydrogen-bond donors (Lipinski definition) is 0. The molecule has 0 aliphatic carbocycles. The summed E-state index contributed by atoms with van der Waals surface area (Å²) in [5.41, 5.74) is 2.96. The van der Waals surface area contributed by atoms with Crippen LogP contribution < -0.4 is 4.90 Å². The Labute approximate surface area is 204 Å². The Morgan fingerprint density at radius 3 is 2.50 bits per heavy atom. The Balaban J connectivity index is 1.28. The zero-order chi connectivity index (χ0) is 23.9. The lowest BCUT2D eigenvalue weighted by atomic mass is 10.1. The number of aromatic nitrogens is 3. The number of hydrogen-bond acceptors (Lipinski definition) is 6. The number of benzene rings is 2. The van der Waals surface area contributed by atoms with E-state index in [1.165, 1.54) is 21.6 Å². The zero-order valence-corrected chi connectivity index (χ0v) is 20.8. The van der Waals surface area contributed by atoms with Crippen LogP contribution in [0.4, 0.5) is 5.69 Å². The van der Waals surface area contributed by atoms with Crippen LogP contribution >= 0.6 is 11.8 Å². The van der Waals surface area contributed by atoms with Crippen molar-refractivity contribution in [2.75, 3.05) is 23.7 Å². The summed E-state index contributed by atoms with van der Waals surface area (Å²) in [7, 11) is -1.60. The number of anilines is 1. The van der Waals surface area contributed by atoms with Crippen LogP contribution in [0.1, 0.15) is 25.3 Å². The first-order valence-corrected chi connectivity index (χ1v) is 13.8. The molecule has 1 saturated heterocycles. The second kappa shape index (κ2) is 9.16. The van der Waals surface area contributed by atoms with Crippen molar-refractivity contribution in [3.63, 3.8) is 0 Å². The fourth-order valence-electron chi connectivity index (χ4n) is 4.69. The van der Waals surface area contributed by atoms with Crippen LogP contribution in [0.2, 0.25) is 0 Å². The van der Waals surface area contributed by atoms with Gasteiger partial charge in [-0.05, 0) is 62.1 Å². The van der Waals surface area contributed by atoms with Gasteiger partial charge in [-0.15, -0.1) is 10.2 Å². The summed E-state index contributed by atoms with van der Waals surface area (Å²) in [5.74, 6) is 0.931. The highest BCUT2D eigenvalue weighted by Gasteiger charge is 2.31. The number of carbonyl (C=O) groups excluding carboxylic acids is 1. The van der Waals surface area contributed by atoms with E-state index < -0.39 is 10.0 Å². The highest BCUT2D eigenvalue weighted by molar-refractivity contribution is 7.99. The van der Waals surface area contributed by atoms with Gasteiger partial charge in [-0.3, -0.25) is 4.79 Å². The van der Waals surface area contributed by atoms with E-state index in [1.54, 1.807) is 24.3 Å². The normalized spacial score (nSPS) is 18.4. The Morgan fingerprint density at radius 1 is 1.06 bits per heavy atom. The van der Waals surface area contributed by atoms with Gasteiger partial charge in [0.2, 0.25) is 15.9 Å². The molecule has 5 rings (SSSR count). The number of thioether (sulfide) groups is 1. The molecule has 10 heteroatoms. The maximum atomic E-state index is 13.0. The SMILES string of the molecule is CC1Cc2ccccc2N1C(=O)CSc1nnc(-c2ccc(S(=O)(=O)N3CCCC3)cc2)n1C. The van der Waals surface area contributed by atoms with Crippen molar-refractivity contribution >= 4 is 33.4 Å². The fourth-order valence-corrected chi connectivity index (χ4v) is 6.97. The second-order valence-electron chi connectivity index (χ2n) is 8.74. The third-order valence-corrected chi connectivity index (χ3v) is 9.37. The zero-order valence-electron chi connectivity index (χ0n) is 19.2. The Bertz CT molecular complexity index is 1310. The lowest BCUT2D eigenvalue weighted by Crippen LogP contribution is -2.37. The number of sulfonamides is 1.